The molecule has 2 aromatic rings. The molecule has 0 radical (unpaired) electrons. The van der Waals surface area contributed by atoms with Crippen molar-refractivity contribution in [1.82, 2.24) is 5.32 Å². The predicted octanol–water partition coefficient (Wildman–Crippen LogP) is 3.83. The zero-order chi connectivity index (χ0) is 15.1. The van der Waals surface area contributed by atoms with Gasteiger partial charge >= 0.3 is 0 Å². The molecule has 0 saturated heterocycles. The fourth-order valence-electron chi connectivity index (χ4n) is 1.79. The number of amides is 1. The second-order valence-electron chi connectivity index (χ2n) is 4.44. The lowest BCUT2D eigenvalue weighted by Gasteiger charge is -2.07. The number of ether oxygens (including phenoxy) is 1. The Morgan fingerprint density at radius 3 is 2.67 bits per heavy atom. The van der Waals surface area contributed by atoms with Crippen LogP contribution in [0.15, 0.2) is 61.2 Å². The van der Waals surface area contributed by atoms with E-state index < -0.39 is 0 Å². The summed E-state index contributed by atoms with van der Waals surface area (Å²) < 4.78 is 5.37. The predicted molar refractivity (Wildman–Crippen MR) is 84.8 cm³/mol. The maximum atomic E-state index is 12.0. The third-order valence-corrected chi connectivity index (χ3v) is 3.06. The highest BCUT2D eigenvalue weighted by Crippen LogP contribution is 2.13. The lowest BCUT2D eigenvalue weighted by Crippen LogP contribution is -2.22. The van der Waals surface area contributed by atoms with Gasteiger partial charge in [-0.15, -0.1) is 0 Å². The largest absolute Gasteiger partial charge is 0.490 e. The van der Waals surface area contributed by atoms with Gasteiger partial charge < -0.3 is 10.1 Å². The molecule has 0 bridgehead atoms. The normalized spacial score (nSPS) is 9.95. The van der Waals surface area contributed by atoms with Crippen molar-refractivity contribution in [3.05, 3.63) is 77.3 Å². The lowest BCUT2D eigenvalue weighted by molar-refractivity contribution is 0.0951. The summed E-state index contributed by atoms with van der Waals surface area (Å²) in [5.41, 5.74) is 1.55. The van der Waals surface area contributed by atoms with Crippen LogP contribution >= 0.6 is 11.6 Å². The summed E-state index contributed by atoms with van der Waals surface area (Å²) >= 11 is 5.90. The van der Waals surface area contributed by atoms with Crippen LogP contribution < -0.4 is 10.1 Å². The SMILES string of the molecule is C=CCOc1ccc(C(=O)NCc2cccc(Cl)c2)cc1. The van der Waals surface area contributed by atoms with Gasteiger partial charge in [0.05, 0.1) is 0 Å². The van der Waals surface area contributed by atoms with E-state index >= 15 is 0 Å². The third-order valence-electron chi connectivity index (χ3n) is 2.83. The molecule has 108 valence electrons. The average Bonchev–Trinajstić information content (AvgIpc) is 2.51. The van der Waals surface area contributed by atoms with Crippen LogP contribution in [-0.2, 0) is 6.54 Å². The van der Waals surface area contributed by atoms with Gasteiger partial charge in [-0.3, -0.25) is 4.79 Å². The first-order valence-electron chi connectivity index (χ1n) is 6.55. The molecule has 1 amide bonds. The molecule has 4 heteroatoms. The van der Waals surface area contributed by atoms with Crippen LogP contribution in [0.5, 0.6) is 5.75 Å². The average molecular weight is 302 g/mol. The van der Waals surface area contributed by atoms with E-state index in [1.165, 1.54) is 0 Å². The van der Waals surface area contributed by atoms with Crippen molar-refractivity contribution >= 4 is 17.5 Å². The van der Waals surface area contributed by atoms with Crippen LogP contribution in [0.1, 0.15) is 15.9 Å². The smallest absolute Gasteiger partial charge is 0.251 e. The third kappa shape index (κ3) is 4.65. The van der Waals surface area contributed by atoms with Gasteiger partial charge in [-0.05, 0) is 42.0 Å². The van der Waals surface area contributed by atoms with E-state index in [1.54, 1.807) is 36.4 Å². The fraction of sp³-hybridized carbons (Fsp3) is 0.118. The molecule has 0 heterocycles. The summed E-state index contributed by atoms with van der Waals surface area (Å²) in [6.07, 6.45) is 1.67. The van der Waals surface area contributed by atoms with Crippen molar-refractivity contribution in [3.8, 4) is 5.75 Å². The van der Waals surface area contributed by atoms with Gasteiger partial charge in [0, 0.05) is 17.1 Å². The summed E-state index contributed by atoms with van der Waals surface area (Å²) in [7, 11) is 0. The minimum atomic E-state index is -0.134. The first kappa shape index (κ1) is 15.1. The Hall–Kier alpha value is -2.26. The minimum Gasteiger partial charge on any atom is -0.490 e. The fourth-order valence-corrected chi connectivity index (χ4v) is 2.00. The van der Waals surface area contributed by atoms with Crippen LogP contribution in [0, 0.1) is 0 Å². The van der Waals surface area contributed by atoms with Crippen molar-refractivity contribution in [2.45, 2.75) is 6.54 Å². The van der Waals surface area contributed by atoms with Crippen LogP contribution in [0.25, 0.3) is 0 Å². The molecule has 0 spiro atoms. The van der Waals surface area contributed by atoms with Gasteiger partial charge in [-0.2, -0.15) is 0 Å². The number of carbonyl (C=O) groups excluding carboxylic acids is 1. The number of halogens is 1. The second-order valence-corrected chi connectivity index (χ2v) is 4.87. The summed E-state index contributed by atoms with van der Waals surface area (Å²) in [4.78, 5) is 12.0. The molecule has 0 unspecified atom stereocenters. The molecule has 21 heavy (non-hydrogen) atoms. The van der Waals surface area contributed by atoms with Gasteiger partial charge in [0.25, 0.3) is 5.91 Å². The van der Waals surface area contributed by atoms with Gasteiger partial charge in [-0.1, -0.05) is 36.4 Å². The molecule has 3 nitrogen and oxygen atoms in total. The zero-order valence-electron chi connectivity index (χ0n) is 11.5. The molecule has 0 saturated carbocycles. The topological polar surface area (TPSA) is 38.3 Å². The summed E-state index contributed by atoms with van der Waals surface area (Å²) in [5, 5.41) is 3.51. The molecule has 0 aliphatic heterocycles. The van der Waals surface area contributed by atoms with E-state index in [9.17, 15) is 4.79 Å². The first-order chi connectivity index (χ1) is 10.2. The maximum Gasteiger partial charge on any atom is 0.251 e. The van der Waals surface area contributed by atoms with Gasteiger partial charge in [-0.25, -0.2) is 0 Å². The number of carbonyl (C=O) groups is 1. The van der Waals surface area contributed by atoms with E-state index in [2.05, 4.69) is 11.9 Å². The van der Waals surface area contributed by atoms with Crippen LogP contribution in [-0.4, -0.2) is 12.5 Å². The number of benzene rings is 2. The molecule has 2 aromatic carbocycles. The molecule has 0 atom stereocenters. The molecule has 0 fully saturated rings. The van der Waals surface area contributed by atoms with E-state index in [-0.39, 0.29) is 5.91 Å². The number of hydrogen-bond acceptors (Lipinski definition) is 2. The van der Waals surface area contributed by atoms with Gasteiger partial charge in [0.2, 0.25) is 0 Å². The van der Waals surface area contributed by atoms with E-state index in [4.69, 9.17) is 16.3 Å². The molecule has 0 aromatic heterocycles. The van der Waals surface area contributed by atoms with Crippen LogP contribution in [0.4, 0.5) is 0 Å². The molecule has 0 aliphatic carbocycles. The first-order valence-corrected chi connectivity index (χ1v) is 6.93. The van der Waals surface area contributed by atoms with Crippen LogP contribution in [0.3, 0.4) is 0 Å². The number of hydrogen-bond donors (Lipinski definition) is 1. The summed E-state index contributed by atoms with van der Waals surface area (Å²) in [6.45, 7) is 4.47. The Bertz CT molecular complexity index is 623. The van der Waals surface area contributed by atoms with Crippen molar-refractivity contribution in [2.75, 3.05) is 6.61 Å². The van der Waals surface area contributed by atoms with E-state index in [0.29, 0.717) is 29.5 Å². The quantitative estimate of drug-likeness (QED) is 0.823. The Kier molecular flexibility index (Phi) is 5.41. The van der Waals surface area contributed by atoms with Crippen molar-refractivity contribution in [2.24, 2.45) is 0 Å². The minimum absolute atomic E-state index is 0.134. The van der Waals surface area contributed by atoms with Gasteiger partial charge in [0.15, 0.2) is 0 Å². The molecule has 0 aliphatic rings. The Labute approximate surface area is 129 Å². The van der Waals surface area contributed by atoms with Crippen molar-refractivity contribution in [1.29, 1.82) is 0 Å². The highest BCUT2D eigenvalue weighted by atomic mass is 35.5. The standard InChI is InChI=1S/C17H16ClNO2/c1-2-10-21-16-8-6-14(7-9-16)17(20)19-12-13-4-3-5-15(18)11-13/h2-9,11H,1,10,12H2,(H,19,20). The maximum absolute atomic E-state index is 12.0. The van der Waals surface area contributed by atoms with E-state index in [0.717, 1.165) is 5.56 Å². The molecular weight excluding hydrogens is 286 g/mol. The Balaban J connectivity index is 1.92. The molecule has 2 rings (SSSR count). The summed E-state index contributed by atoms with van der Waals surface area (Å²) in [5.74, 6) is 0.575. The van der Waals surface area contributed by atoms with Crippen LogP contribution in [0.2, 0.25) is 5.02 Å². The molecular formula is C17H16ClNO2. The highest BCUT2D eigenvalue weighted by molar-refractivity contribution is 6.30. The van der Waals surface area contributed by atoms with Gasteiger partial charge in [0.1, 0.15) is 12.4 Å². The Morgan fingerprint density at radius 1 is 1.24 bits per heavy atom. The van der Waals surface area contributed by atoms with E-state index in [1.807, 2.05) is 18.2 Å². The summed E-state index contributed by atoms with van der Waals surface area (Å²) in [6, 6.07) is 14.4. The monoisotopic (exact) mass is 301 g/mol. The number of nitrogens with one attached hydrogen (secondary N) is 1. The van der Waals surface area contributed by atoms with Crippen molar-refractivity contribution < 1.29 is 9.53 Å². The Morgan fingerprint density at radius 2 is 2.00 bits per heavy atom. The lowest BCUT2D eigenvalue weighted by atomic mass is 10.2. The van der Waals surface area contributed by atoms with Crippen molar-refractivity contribution in [3.63, 3.8) is 0 Å². The zero-order valence-corrected chi connectivity index (χ0v) is 12.3. The highest BCUT2D eigenvalue weighted by Gasteiger charge is 2.05. The number of rotatable bonds is 6. The molecule has 1 N–H and O–H groups in total. The second kappa shape index (κ2) is 7.50.